The van der Waals surface area contributed by atoms with Crippen LogP contribution in [0.15, 0.2) is 59.5 Å². The molecule has 1 atom stereocenters. The van der Waals surface area contributed by atoms with Gasteiger partial charge in [-0.3, -0.25) is 9.69 Å². The van der Waals surface area contributed by atoms with E-state index in [4.69, 9.17) is 0 Å². The van der Waals surface area contributed by atoms with Crippen molar-refractivity contribution in [3.63, 3.8) is 0 Å². The standard InChI is InChI=1S/C31H36FN5O3S/c1-22(23-4-9-26(32)10-5-23)34-31(38)24-6-12-28(13-7-24)36-41(39,40)29-14-15-30-25(21-29)8-11-27(35-30)3-2-18-37-19-16-33-17-20-37/h4-5,8-11,14-15,21-22,24,28,33,36H,6-7,12-13,16-20H2,1H3,(H,34,38)/t22-,24-,28-/m1/s1. The molecular weight excluding hydrogens is 541 g/mol. The van der Waals surface area contributed by atoms with Gasteiger partial charge in [0.1, 0.15) is 11.5 Å². The van der Waals surface area contributed by atoms with Crippen molar-refractivity contribution in [3.8, 4) is 11.8 Å². The molecule has 1 aliphatic heterocycles. The second-order valence-corrected chi connectivity index (χ2v) is 12.5. The number of rotatable bonds is 7. The van der Waals surface area contributed by atoms with E-state index in [9.17, 15) is 17.6 Å². The molecule has 1 aliphatic carbocycles. The van der Waals surface area contributed by atoms with Crippen LogP contribution in [0.2, 0.25) is 0 Å². The maximum absolute atomic E-state index is 13.2. The fourth-order valence-electron chi connectivity index (χ4n) is 5.38. The van der Waals surface area contributed by atoms with Gasteiger partial charge in [-0.15, -0.1) is 0 Å². The Hall–Kier alpha value is -3.36. The van der Waals surface area contributed by atoms with Crippen LogP contribution in [0.5, 0.6) is 0 Å². The number of nitrogens with one attached hydrogen (secondary N) is 3. The topological polar surface area (TPSA) is 103 Å². The fourth-order valence-corrected chi connectivity index (χ4v) is 6.72. The van der Waals surface area contributed by atoms with E-state index >= 15 is 0 Å². The summed E-state index contributed by atoms with van der Waals surface area (Å²) < 4.78 is 42.4. The number of benzene rings is 2. The molecule has 1 aromatic heterocycles. The van der Waals surface area contributed by atoms with Crippen molar-refractivity contribution in [3.05, 3.63) is 71.7 Å². The second kappa shape index (κ2) is 13.1. The minimum Gasteiger partial charge on any atom is -0.349 e. The molecule has 1 saturated carbocycles. The van der Waals surface area contributed by atoms with Crippen molar-refractivity contribution >= 4 is 26.8 Å². The zero-order valence-corrected chi connectivity index (χ0v) is 24.0. The molecule has 0 radical (unpaired) electrons. The van der Waals surface area contributed by atoms with Crippen LogP contribution in [0.25, 0.3) is 10.9 Å². The third-order valence-corrected chi connectivity index (χ3v) is 9.37. The smallest absolute Gasteiger partial charge is 0.240 e. The number of halogens is 1. The van der Waals surface area contributed by atoms with Crippen LogP contribution in [0.3, 0.4) is 0 Å². The van der Waals surface area contributed by atoms with Crippen molar-refractivity contribution in [1.29, 1.82) is 0 Å². The number of hydrogen-bond donors (Lipinski definition) is 3. The summed E-state index contributed by atoms with van der Waals surface area (Å²) in [5.41, 5.74) is 2.19. The lowest BCUT2D eigenvalue weighted by molar-refractivity contribution is -0.126. The van der Waals surface area contributed by atoms with E-state index in [1.54, 1.807) is 30.3 Å². The Labute approximate surface area is 241 Å². The van der Waals surface area contributed by atoms with Gasteiger partial charge < -0.3 is 10.6 Å². The summed E-state index contributed by atoms with van der Waals surface area (Å²) in [6, 6.07) is 14.2. The van der Waals surface area contributed by atoms with Crippen molar-refractivity contribution in [2.75, 3.05) is 32.7 Å². The first-order valence-electron chi connectivity index (χ1n) is 14.2. The summed E-state index contributed by atoms with van der Waals surface area (Å²) in [4.78, 5) is 19.9. The van der Waals surface area contributed by atoms with Crippen molar-refractivity contribution in [2.45, 2.75) is 49.6 Å². The summed E-state index contributed by atoms with van der Waals surface area (Å²) in [6.45, 7) is 6.50. The number of piperazine rings is 1. The maximum Gasteiger partial charge on any atom is 0.240 e. The number of carbonyl (C=O) groups is 1. The molecule has 216 valence electrons. The Bertz CT molecular complexity index is 1540. The van der Waals surface area contributed by atoms with Crippen LogP contribution in [-0.4, -0.2) is 63.0 Å². The number of nitrogens with zero attached hydrogens (tertiary/aromatic N) is 2. The Morgan fingerprint density at radius 2 is 1.80 bits per heavy atom. The maximum atomic E-state index is 13.2. The number of fused-ring (bicyclic) bond motifs is 1. The monoisotopic (exact) mass is 577 g/mol. The van der Waals surface area contributed by atoms with Crippen LogP contribution in [0.4, 0.5) is 4.39 Å². The fraction of sp³-hybridized carbons (Fsp3) is 0.419. The molecule has 41 heavy (non-hydrogen) atoms. The predicted octanol–water partition coefficient (Wildman–Crippen LogP) is 3.35. The highest BCUT2D eigenvalue weighted by molar-refractivity contribution is 7.89. The zero-order valence-electron chi connectivity index (χ0n) is 23.2. The van der Waals surface area contributed by atoms with E-state index in [0.29, 0.717) is 43.4 Å². The molecule has 8 nitrogen and oxygen atoms in total. The number of sulfonamides is 1. The number of amides is 1. The van der Waals surface area contributed by atoms with Crippen molar-refractivity contribution in [1.82, 2.24) is 25.2 Å². The average molecular weight is 578 g/mol. The van der Waals surface area contributed by atoms with Crippen LogP contribution < -0.4 is 15.4 Å². The molecule has 5 rings (SSSR count). The van der Waals surface area contributed by atoms with Crippen molar-refractivity contribution in [2.24, 2.45) is 5.92 Å². The Balaban J connectivity index is 1.14. The van der Waals surface area contributed by atoms with E-state index in [2.05, 4.69) is 37.1 Å². The van der Waals surface area contributed by atoms with Gasteiger partial charge in [-0.2, -0.15) is 0 Å². The van der Waals surface area contributed by atoms with Gasteiger partial charge in [-0.25, -0.2) is 22.5 Å². The third kappa shape index (κ3) is 7.68. The van der Waals surface area contributed by atoms with E-state index < -0.39 is 10.0 Å². The van der Waals surface area contributed by atoms with E-state index in [1.165, 1.54) is 12.1 Å². The summed E-state index contributed by atoms with van der Waals surface area (Å²) in [7, 11) is -3.73. The number of pyridine rings is 1. The molecule has 10 heteroatoms. The quantitative estimate of drug-likeness (QED) is 0.373. The van der Waals surface area contributed by atoms with Gasteiger partial charge in [-0.05, 0) is 86.6 Å². The van der Waals surface area contributed by atoms with Gasteiger partial charge in [0.05, 0.1) is 23.0 Å². The molecule has 0 unspecified atom stereocenters. The zero-order chi connectivity index (χ0) is 28.8. The molecule has 3 aromatic rings. The lowest BCUT2D eigenvalue weighted by Gasteiger charge is -2.29. The van der Waals surface area contributed by atoms with Gasteiger partial charge in [0.25, 0.3) is 0 Å². The molecule has 2 fully saturated rings. The number of aromatic nitrogens is 1. The van der Waals surface area contributed by atoms with Crippen molar-refractivity contribution < 1.29 is 17.6 Å². The highest BCUT2D eigenvalue weighted by Crippen LogP contribution is 2.27. The molecule has 3 N–H and O–H groups in total. The summed E-state index contributed by atoms with van der Waals surface area (Å²) in [5, 5.41) is 7.06. The lowest BCUT2D eigenvalue weighted by Crippen LogP contribution is -2.43. The lowest BCUT2D eigenvalue weighted by atomic mass is 9.85. The van der Waals surface area contributed by atoms with Gasteiger partial charge in [0.15, 0.2) is 0 Å². The molecule has 0 bridgehead atoms. The van der Waals surface area contributed by atoms with Crippen LogP contribution >= 0.6 is 0 Å². The molecule has 1 amide bonds. The Kier molecular flexibility index (Phi) is 9.30. The van der Waals surface area contributed by atoms with E-state index in [0.717, 1.165) is 37.1 Å². The molecule has 0 spiro atoms. The number of hydrogen-bond acceptors (Lipinski definition) is 6. The first-order chi connectivity index (χ1) is 19.8. The SMILES string of the molecule is C[C@@H](NC(=O)[C@H]1CC[C@H](NS(=O)(=O)c2ccc3nc(C#CCN4CCNCC4)ccc3c2)CC1)c1ccc(F)cc1. The average Bonchev–Trinajstić information content (AvgIpc) is 2.98. The first-order valence-corrected chi connectivity index (χ1v) is 15.7. The third-order valence-electron chi connectivity index (χ3n) is 7.85. The minimum absolute atomic E-state index is 0.0574. The molecule has 2 aliphatic rings. The summed E-state index contributed by atoms with van der Waals surface area (Å²) in [6.07, 6.45) is 2.34. The molecule has 1 saturated heterocycles. The summed E-state index contributed by atoms with van der Waals surface area (Å²) >= 11 is 0. The van der Waals surface area contributed by atoms with E-state index in [-0.39, 0.29) is 34.6 Å². The van der Waals surface area contributed by atoms with Gasteiger partial charge >= 0.3 is 0 Å². The highest BCUT2D eigenvalue weighted by Gasteiger charge is 2.30. The first kappa shape index (κ1) is 29.1. The summed E-state index contributed by atoms with van der Waals surface area (Å²) in [5.74, 6) is 5.75. The molecule has 2 aromatic carbocycles. The van der Waals surface area contributed by atoms with Gasteiger partial charge in [0, 0.05) is 43.5 Å². The number of carbonyl (C=O) groups excluding carboxylic acids is 1. The van der Waals surface area contributed by atoms with Crippen LogP contribution in [0.1, 0.15) is 49.9 Å². The molecule has 2 heterocycles. The normalized spacial score (nSPS) is 20.6. The largest absolute Gasteiger partial charge is 0.349 e. The second-order valence-electron chi connectivity index (χ2n) is 10.8. The minimum atomic E-state index is -3.73. The van der Waals surface area contributed by atoms with Gasteiger partial charge in [0.2, 0.25) is 15.9 Å². The predicted molar refractivity (Wildman–Crippen MR) is 157 cm³/mol. The van der Waals surface area contributed by atoms with Gasteiger partial charge in [-0.1, -0.05) is 18.1 Å². The van der Waals surface area contributed by atoms with E-state index in [1.807, 2.05) is 19.1 Å². The highest BCUT2D eigenvalue weighted by atomic mass is 32.2. The molecular formula is C31H36FN5O3S. The van der Waals surface area contributed by atoms with Crippen LogP contribution in [-0.2, 0) is 14.8 Å². The Morgan fingerprint density at radius 1 is 1.07 bits per heavy atom. The van der Waals surface area contributed by atoms with Crippen LogP contribution in [0, 0.1) is 23.6 Å². The Morgan fingerprint density at radius 3 is 2.54 bits per heavy atom.